The van der Waals surface area contributed by atoms with Gasteiger partial charge in [-0.15, -0.1) is 20.4 Å². The van der Waals surface area contributed by atoms with Gasteiger partial charge in [0.05, 0.1) is 11.4 Å². The van der Waals surface area contributed by atoms with E-state index in [-0.39, 0.29) is 84.7 Å². The van der Waals surface area contributed by atoms with Crippen LogP contribution in [0.3, 0.4) is 0 Å². The minimum Gasteiger partial charge on any atom is -1.00 e. The predicted molar refractivity (Wildman–Crippen MR) is 134 cm³/mol. The third kappa shape index (κ3) is 5.85. The Balaban J connectivity index is 0.00000190. The summed E-state index contributed by atoms with van der Waals surface area (Å²) in [5, 5.41) is 36.4. The molecule has 0 aliphatic heterocycles. The summed E-state index contributed by atoms with van der Waals surface area (Å²) in [5.74, 6) is 0.398. The Morgan fingerprint density at radius 1 is 0.919 bits per heavy atom. The summed E-state index contributed by atoms with van der Waals surface area (Å²) in [6.07, 6.45) is 0. The molecule has 0 amide bonds. The standard InChI is InChI=1S/C25H22N8O2.2Na.2H/c1-14-10-11-19(12-15(14)2)33-25(35)22(16(3)30-33)27-26-21-9-5-8-20(23(21)34)17-6-4-7-18(13-17)24-28-31-32-29-24;;;;/h4-13,30,34H,1-3H3,(H,28,29,31,32);;;;/q;2*+1;2*-1. The Hall–Kier alpha value is -2.86. The molecule has 0 aliphatic rings. The minimum atomic E-state index is -0.321. The summed E-state index contributed by atoms with van der Waals surface area (Å²) in [4.78, 5) is 13.0. The Morgan fingerprint density at radius 3 is 2.41 bits per heavy atom. The number of aromatic hydroxyl groups is 1. The number of benzene rings is 3. The van der Waals surface area contributed by atoms with E-state index in [0.29, 0.717) is 22.8 Å². The average molecular weight is 515 g/mol. The molecule has 3 N–H and O–H groups in total. The number of para-hydroxylation sites is 1. The number of hydrogen-bond acceptors (Lipinski definition) is 7. The molecular weight excluding hydrogens is 490 g/mol. The number of azo groups is 1. The molecule has 12 heteroatoms. The van der Waals surface area contributed by atoms with Gasteiger partial charge in [0.1, 0.15) is 5.69 Å². The molecule has 0 aliphatic carbocycles. The predicted octanol–water partition coefficient (Wildman–Crippen LogP) is -0.708. The zero-order valence-electron chi connectivity index (χ0n) is 23.3. The number of tetrazole rings is 1. The number of hydrogen-bond donors (Lipinski definition) is 3. The van der Waals surface area contributed by atoms with Crippen LogP contribution in [0.25, 0.3) is 28.2 Å². The fourth-order valence-corrected chi connectivity index (χ4v) is 3.76. The van der Waals surface area contributed by atoms with Gasteiger partial charge in [-0.25, -0.2) is 4.68 Å². The molecule has 2 aromatic heterocycles. The van der Waals surface area contributed by atoms with Gasteiger partial charge in [-0.05, 0) is 66.9 Å². The molecule has 3 aromatic carbocycles. The largest absolute Gasteiger partial charge is 1.00 e. The van der Waals surface area contributed by atoms with E-state index in [1.165, 1.54) is 4.68 Å². The van der Waals surface area contributed by atoms with Gasteiger partial charge in [0.2, 0.25) is 5.82 Å². The van der Waals surface area contributed by atoms with E-state index in [0.717, 1.165) is 22.3 Å². The average Bonchev–Trinajstić information content (AvgIpc) is 3.49. The van der Waals surface area contributed by atoms with E-state index in [2.05, 4.69) is 36.0 Å². The van der Waals surface area contributed by atoms with Gasteiger partial charge in [0.25, 0.3) is 5.56 Å². The van der Waals surface area contributed by atoms with Crippen LogP contribution in [-0.2, 0) is 0 Å². The Labute approximate surface area is 259 Å². The number of nitrogens with one attached hydrogen (secondary N) is 2. The van der Waals surface area contributed by atoms with Gasteiger partial charge in [-0.2, -0.15) is 5.21 Å². The molecule has 0 spiro atoms. The molecule has 2 heterocycles. The first-order valence-corrected chi connectivity index (χ1v) is 10.9. The molecule has 10 nitrogen and oxygen atoms in total. The van der Waals surface area contributed by atoms with Gasteiger partial charge in [0, 0.05) is 11.1 Å². The van der Waals surface area contributed by atoms with Gasteiger partial charge in [-0.1, -0.05) is 36.4 Å². The summed E-state index contributed by atoms with van der Waals surface area (Å²) in [7, 11) is 0. The van der Waals surface area contributed by atoms with Gasteiger partial charge in [-0.3, -0.25) is 9.89 Å². The second kappa shape index (κ2) is 12.1. The first kappa shape index (κ1) is 28.7. The smallest absolute Gasteiger partial charge is 1.00 e. The van der Waals surface area contributed by atoms with Crippen molar-refractivity contribution in [3.8, 4) is 34.0 Å². The maximum absolute atomic E-state index is 13.0. The summed E-state index contributed by atoms with van der Waals surface area (Å²) in [6, 6.07) is 18.3. The number of aromatic amines is 2. The summed E-state index contributed by atoms with van der Waals surface area (Å²) in [5.41, 5.74) is 5.65. The molecule has 37 heavy (non-hydrogen) atoms. The zero-order valence-corrected chi connectivity index (χ0v) is 25.3. The number of nitrogens with zero attached hydrogens (tertiary/aromatic N) is 6. The van der Waals surface area contributed by atoms with Crippen LogP contribution in [0.1, 0.15) is 19.7 Å². The molecule has 5 rings (SSSR count). The molecule has 5 aromatic rings. The third-order valence-electron chi connectivity index (χ3n) is 5.84. The molecule has 0 unspecified atom stereocenters. The fourth-order valence-electron chi connectivity index (χ4n) is 3.76. The van der Waals surface area contributed by atoms with E-state index >= 15 is 0 Å². The van der Waals surface area contributed by atoms with Crippen molar-refractivity contribution in [1.29, 1.82) is 0 Å². The van der Waals surface area contributed by atoms with Crippen LogP contribution >= 0.6 is 0 Å². The van der Waals surface area contributed by atoms with Crippen molar-refractivity contribution in [3.05, 3.63) is 87.8 Å². The number of phenols is 1. The fraction of sp³-hybridized carbons (Fsp3) is 0.120. The Morgan fingerprint density at radius 2 is 1.68 bits per heavy atom. The van der Waals surface area contributed by atoms with Crippen molar-refractivity contribution >= 4 is 11.4 Å². The van der Waals surface area contributed by atoms with Crippen molar-refractivity contribution in [2.45, 2.75) is 20.8 Å². The number of phenolic OH excluding ortho intramolecular Hbond substituents is 1. The normalized spacial score (nSPS) is 10.8. The summed E-state index contributed by atoms with van der Waals surface area (Å²) in [6.45, 7) is 5.77. The van der Waals surface area contributed by atoms with Crippen LogP contribution < -0.4 is 64.7 Å². The van der Waals surface area contributed by atoms with Crippen molar-refractivity contribution in [2.75, 3.05) is 0 Å². The Kier molecular flexibility index (Phi) is 9.41. The first-order valence-electron chi connectivity index (χ1n) is 10.9. The number of H-pyrrole nitrogens is 2. The van der Waals surface area contributed by atoms with Crippen LogP contribution in [0.2, 0.25) is 0 Å². The molecule has 178 valence electrons. The van der Waals surface area contributed by atoms with Crippen LogP contribution in [0, 0.1) is 20.8 Å². The SMILES string of the molecule is Cc1ccc(-n2[nH]c(C)c(N=Nc3cccc(-c4cccc(-c5nn[nH]n5)c4)c3O)c2=O)cc1C.[H-].[H-].[Na+].[Na+]. The van der Waals surface area contributed by atoms with E-state index in [9.17, 15) is 9.90 Å². The van der Waals surface area contributed by atoms with Crippen LogP contribution in [0.15, 0.2) is 75.7 Å². The quantitative estimate of drug-likeness (QED) is 0.210. The third-order valence-corrected chi connectivity index (χ3v) is 5.84. The van der Waals surface area contributed by atoms with Crippen LogP contribution in [-0.4, -0.2) is 35.5 Å². The molecule has 0 bridgehead atoms. The Bertz CT molecular complexity index is 1640. The monoisotopic (exact) mass is 514 g/mol. The van der Waals surface area contributed by atoms with Crippen molar-refractivity contribution in [2.24, 2.45) is 10.2 Å². The minimum absolute atomic E-state index is 0. The first-order chi connectivity index (χ1) is 16.9. The van der Waals surface area contributed by atoms with E-state index in [1.807, 2.05) is 56.3 Å². The number of aromatic nitrogens is 6. The number of rotatable bonds is 5. The maximum Gasteiger partial charge on any atom is 1.00 e. The van der Waals surface area contributed by atoms with Gasteiger partial charge < -0.3 is 7.96 Å². The van der Waals surface area contributed by atoms with Crippen LogP contribution in [0.5, 0.6) is 5.75 Å². The van der Waals surface area contributed by atoms with Gasteiger partial charge >= 0.3 is 59.1 Å². The second-order valence-corrected chi connectivity index (χ2v) is 8.18. The molecule has 0 saturated heterocycles. The van der Waals surface area contributed by atoms with E-state index < -0.39 is 0 Å². The van der Waals surface area contributed by atoms with Crippen molar-refractivity contribution in [3.63, 3.8) is 0 Å². The molecule has 0 radical (unpaired) electrons. The summed E-state index contributed by atoms with van der Waals surface area (Å²) >= 11 is 0. The molecule has 0 atom stereocenters. The van der Waals surface area contributed by atoms with Crippen molar-refractivity contribution in [1.82, 2.24) is 30.4 Å². The van der Waals surface area contributed by atoms with Crippen molar-refractivity contribution < 1.29 is 67.1 Å². The second-order valence-electron chi connectivity index (χ2n) is 8.18. The van der Waals surface area contributed by atoms with E-state index in [1.54, 1.807) is 25.1 Å². The topological polar surface area (TPSA) is 137 Å². The molecular formula is C25H24N8Na2O2. The zero-order chi connectivity index (χ0) is 24.5. The van der Waals surface area contributed by atoms with Crippen LogP contribution in [0.4, 0.5) is 11.4 Å². The maximum atomic E-state index is 13.0. The summed E-state index contributed by atoms with van der Waals surface area (Å²) < 4.78 is 1.44. The molecule has 0 saturated carbocycles. The van der Waals surface area contributed by atoms with E-state index in [4.69, 9.17) is 0 Å². The number of aryl methyl sites for hydroxylation is 3. The molecule has 0 fully saturated rings. The van der Waals surface area contributed by atoms with Gasteiger partial charge in [0.15, 0.2) is 11.4 Å².